The van der Waals surface area contributed by atoms with Gasteiger partial charge in [0.2, 0.25) is 5.79 Å². The molecule has 1 unspecified atom stereocenters. The lowest BCUT2D eigenvalue weighted by molar-refractivity contribution is -0.203. The number of aliphatic carboxylic acids is 1. The molecular formula is C12H14O4. The summed E-state index contributed by atoms with van der Waals surface area (Å²) in [7, 11) is 0. The van der Waals surface area contributed by atoms with E-state index < -0.39 is 11.8 Å². The molecule has 0 aromatic heterocycles. The van der Waals surface area contributed by atoms with Gasteiger partial charge in [0.25, 0.3) is 0 Å². The average molecular weight is 222 g/mol. The smallest absolute Gasteiger partial charge is 0.310 e. The van der Waals surface area contributed by atoms with Gasteiger partial charge in [-0.1, -0.05) is 17.7 Å². The number of carboxylic acid groups (broad SMARTS) is 1. The van der Waals surface area contributed by atoms with E-state index in [-0.39, 0.29) is 6.42 Å². The largest absolute Gasteiger partial charge is 0.481 e. The lowest BCUT2D eigenvalue weighted by Crippen LogP contribution is -2.40. The van der Waals surface area contributed by atoms with Gasteiger partial charge in [-0.3, -0.25) is 4.79 Å². The highest BCUT2D eigenvalue weighted by Crippen LogP contribution is 2.33. The first-order valence-electron chi connectivity index (χ1n) is 5.13. The topological polar surface area (TPSA) is 55.8 Å². The highest BCUT2D eigenvalue weighted by molar-refractivity contribution is 5.68. The van der Waals surface area contributed by atoms with Crippen LogP contribution in [0.1, 0.15) is 24.5 Å². The normalized spacial score (nSPS) is 23.4. The second-order valence-electron chi connectivity index (χ2n) is 4.21. The number of fused-ring (bicyclic) bond motifs is 1. The van der Waals surface area contributed by atoms with Crippen LogP contribution in [-0.2, 0) is 16.1 Å². The maximum absolute atomic E-state index is 10.7. The molecule has 0 amide bonds. The van der Waals surface area contributed by atoms with Crippen molar-refractivity contribution in [2.24, 2.45) is 0 Å². The zero-order valence-corrected chi connectivity index (χ0v) is 9.32. The van der Waals surface area contributed by atoms with Crippen molar-refractivity contribution in [2.75, 3.05) is 0 Å². The molecule has 1 aromatic rings. The molecule has 4 heteroatoms. The molecule has 0 saturated carbocycles. The summed E-state index contributed by atoms with van der Waals surface area (Å²) < 4.78 is 11.0. The Morgan fingerprint density at radius 3 is 3.00 bits per heavy atom. The number of hydrogen-bond acceptors (Lipinski definition) is 3. The first-order chi connectivity index (χ1) is 7.48. The van der Waals surface area contributed by atoms with E-state index in [2.05, 4.69) is 0 Å². The number of carbonyl (C=O) groups is 1. The Labute approximate surface area is 93.8 Å². The molecule has 0 radical (unpaired) electrons. The van der Waals surface area contributed by atoms with Crippen LogP contribution in [0.3, 0.4) is 0 Å². The van der Waals surface area contributed by atoms with E-state index in [0.29, 0.717) is 12.4 Å². The summed E-state index contributed by atoms with van der Waals surface area (Å²) in [6.45, 7) is 4.02. The van der Waals surface area contributed by atoms with E-state index in [1.807, 2.05) is 25.1 Å². The van der Waals surface area contributed by atoms with Crippen LogP contribution in [0.5, 0.6) is 5.75 Å². The highest BCUT2D eigenvalue weighted by atomic mass is 16.7. The average Bonchev–Trinajstić information content (AvgIpc) is 2.17. The number of carboxylic acids is 1. The Kier molecular flexibility index (Phi) is 2.59. The predicted molar refractivity (Wildman–Crippen MR) is 57.3 cm³/mol. The van der Waals surface area contributed by atoms with Gasteiger partial charge in [-0.2, -0.15) is 0 Å². The van der Waals surface area contributed by atoms with Gasteiger partial charge in [0, 0.05) is 12.5 Å². The number of aryl methyl sites for hydroxylation is 1. The van der Waals surface area contributed by atoms with Gasteiger partial charge in [-0.25, -0.2) is 0 Å². The summed E-state index contributed by atoms with van der Waals surface area (Å²) >= 11 is 0. The van der Waals surface area contributed by atoms with E-state index in [4.69, 9.17) is 14.6 Å². The van der Waals surface area contributed by atoms with Gasteiger partial charge in [-0.05, 0) is 13.0 Å². The zero-order chi connectivity index (χ0) is 11.8. The molecular weight excluding hydrogens is 208 g/mol. The molecule has 1 N–H and O–H groups in total. The van der Waals surface area contributed by atoms with E-state index in [9.17, 15) is 4.79 Å². The Bertz CT molecular complexity index is 427. The van der Waals surface area contributed by atoms with Gasteiger partial charge in [0.05, 0.1) is 6.61 Å². The van der Waals surface area contributed by atoms with E-state index >= 15 is 0 Å². The van der Waals surface area contributed by atoms with Crippen LogP contribution in [0, 0.1) is 6.92 Å². The summed E-state index contributed by atoms with van der Waals surface area (Å²) in [5.41, 5.74) is 2.09. The maximum atomic E-state index is 10.7. The monoisotopic (exact) mass is 222 g/mol. The van der Waals surface area contributed by atoms with Gasteiger partial charge in [0.15, 0.2) is 0 Å². The molecule has 0 spiro atoms. The van der Waals surface area contributed by atoms with Crippen molar-refractivity contribution in [3.63, 3.8) is 0 Å². The van der Waals surface area contributed by atoms with E-state index in [1.54, 1.807) is 6.92 Å². The molecule has 4 nitrogen and oxygen atoms in total. The molecule has 0 aliphatic carbocycles. The summed E-state index contributed by atoms with van der Waals surface area (Å²) in [5, 5.41) is 8.76. The molecule has 1 aliphatic heterocycles. The SMILES string of the molecule is Cc1ccc2c(c1)COC(C)(CC(=O)O)O2. The third kappa shape index (κ3) is 2.17. The molecule has 1 aliphatic rings. The first-order valence-corrected chi connectivity index (χ1v) is 5.13. The lowest BCUT2D eigenvalue weighted by Gasteiger charge is -2.34. The summed E-state index contributed by atoms with van der Waals surface area (Å²) in [6.07, 6.45) is -0.166. The molecule has 0 saturated heterocycles. The first kappa shape index (κ1) is 11.0. The minimum atomic E-state index is -1.06. The Balaban J connectivity index is 2.23. The third-order valence-corrected chi connectivity index (χ3v) is 2.55. The van der Waals surface area contributed by atoms with Crippen molar-refractivity contribution in [1.29, 1.82) is 0 Å². The zero-order valence-electron chi connectivity index (χ0n) is 9.32. The summed E-state index contributed by atoms with van der Waals surface area (Å²) in [4.78, 5) is 10.7. The van der Waals surface area contributed by atoms with Gasteiger partial charge >= 0.3 is 5.97 Å². The quantitative estimate of drug-likeness (QED) is 0.832. The van der Waals surface area contributed by atoms with Crippen LogP contribution >= 0.6 is 0 Å². The highest BCUT2D eigenvalue weighted by Gasteiger charge is 2.35. The second kappa shape index (κ2) is 3.79. The molecule has 1 aromatic carbocycles. The summed E-state index contributed by atoms with van der Waals surface area (Å²) in [5.74, 6) is -1.28. The second-order valence-corrected chi connectivity index (χ2v) is 4.21. The number of hydrogen-bond donors (Lipinski definition) is 1. The van der Waals surface area contributed by atoms with Gasteiger partial charge in [-0.15, -0.1) is 0 Å². The molecule has 86 valence electrons. The van der Waals surface area contributed by atoms with Gasteiger partial charge in [0.1, 0.15) is 12.2 Å². The van der Waals surface area contributed by atoms with Gasteiger partial charge < -0.3 is 14.6 Å². The van der Waals surface area contributed by atoms with Crippen LogP contribution in [0.4, 0.5) is 0 Å². The number of benzene rings is 1. The molecule has 2 rings (SSSR count). The standard InChI is InChI=1S/C12H14O4/c1-8-3-4-10-9(5-8)7-15-12(2,16-10)6-11(13)14/h3-5H,6-7H2,1-2H3,(H,13,14). The summed E-state index contributed by atoms with van der Waals surface area (Å²) in [6, 6.07) is 5.77. The van der Waals surface area contributed by atoms with Crippen LogP contribution < -0.4 is 4.74 Å². The van der Waals surface area contributed by atoms with Crippen LogP contribution in [0.15, 0.2) is 18.2 Å². The van der Waals surface area contributed by atoms with Crippen molar-refractivity contribution in [1.82, 2.24) is 0 Å². The van der Waals surface area contributed by atoms with Crippen molar-refractivity contribution in [3.05, 3.63) is 29.3 Å². The van der Waals surface area contributed by atoms with E-state index in [1.165, 1.54) is 0 Å². The minimum absolute atomic E-state index is 0.166. The van der Waals surface area contributed by atoms with Crippen molar-refractivity contribution >= 4 is 5.97 Å². The third-order valence-electron chi connectivity index (χ3n) is 2.55. The minimum Gasteiger partial charge on any atom is -0.481 e. The molecule has 1 atom stereocenters. The molecule has 1 heterocycles. The van der Waals surface area contributed by atoms with Crippen molar-refractivity contribution in [2.45, 2.75) is 32.7 Å². The Hall–Kier alpha value is -1.55. The van der Waals surface area contributed by atoms with Crippen molar-refractivity contribution < 1.29 is 19.4 Å². The maximum Gasteiger partial charge on any atom is 0.310 e. The Morgan fingerprint density at radius 2 is 2.31 bits per heavy atom. The predicted octanol–water partition coefficient (Wildman–Crippen LogP) is 2.09. The fourth-order valence-corrected chi connectivity index (χ4v) is 1.77. The number of ether oxygens (including phenoxy) is 2. The van der Waals surface area contributed by atoms with E-state index in [0.717, 1.165) is 11.1 Å². The lowest BCUT2D eigenvalue weighted by atomic mass is 10.1. The Morgan fingerprint density at radius 1 is 1.56 bits per heavy atom. The molecule has 16 heavy (non-hydrogen) atoms. The van der Waals surface area contributed by atoms with Crippen LogP contribution in [0.2, 0.25) is 0 Å². The van der Waals surface area contributed by atoms with Crippen molar-refractivity contribution in [3.8, 4) is 5.75 Å². The fraction of sp³-hybridized carbons (Fsp3) is 0.417. The number of rotatable bonds is 2. The van der Waals surface area contributed by atoms with Crippen LogP contribution in [-0.4, -0.2) is 16.9 Å². The molecule has 0 fully saturated rings. The fourth-order valence-electron chi connectivity index (χ4n) is 1.77. The molecule has 0 bridgehead atoms. The van der Waals surface area contributed by atoms with Crippen LogP contribution in [0.25, 0.3) is 0 Å².